The maximum atomic E-state index is 5.13. The van der Waals surface area contributed by atoms with Gasteiger partial charge in [-0.3, -0.25) is 0 Å². The molecule has 0 N–H and O–H groups in total. The molecule has 0 saturated heterocycles. The summed E-state index contributed by atoms with van der Waals surface area (Å²) in [7, 11) is 0. The number of halogens is 2. The fraction of sp³-hybridized carbons (Fsp3) is 0.500. The monoisotopic (exact) mass is 202 g/mol. The topological polar surface area (TPSA) is 0 Å². The van der Waals surface area contributed by atoms with E-state index in [1.54, 1.807) is 4.49 Å². The third kappa shape index (κ3) is 5.11. The van der Waals surface area contributed by atoms with E-state index in [0.29, 0.717) is 0 Å². The van der Waals surface area contributed by atoms with Crippen LogP contribution in [0.3, 0.4) is 0 Å². The Bertz CT molecular complexity index is 34.6. The van der Waals surface area contributed by atoms with E-state index >= 15 is 0 Å². The Morgan fingerprint density at radius 2 is 1.80 bits per heavy atom. The second-order valence-electron chi connectivity index (χ2n) is 0.440. The quantitative estimate of drug-likeness (QED) is 0.443. The van der Waals surface area contributed by atoms with E-state index in [-0.39, 0.29) is 4.84 Å². The number of alkyl halides is 2. The van der Waals surface area contributed by atoms with Gasteiger partial charge in [0, 0.05) is 0 Å². The number of rotatable bonds is 1. The molecule has 0 fully saturated rings. The van der Waals surface area contributed by atoms with Crippen molar-refractivity contribution in [2.24, 2.45) is 0 Å². The molecule has 0 aliphatic heterocycles. The summed E-state index contributed by atoms with van der Waals surface area (Å²) in [5.74, 6) is 0. The van der Waals surface area contributed by atoms with Crippen LogP contribution < -0.4 is 0 Å². The molecule has 0 aromatic rings. The zero-order valence-corrected chi connectivity index (χ0v) is 5.29. The van der Waals surface area contributed by atoms with Crippen molar-refractivity contribution in [1.82, 2.24) is 0 Å². The van der Waals surface area contributed by atoms with Crippen molar-refractivity contribution < 1.29 is 18.7 Å². The average molecular weight is 203 g/mol. The normalized spacial score (nSPS) is 9.00. The average Bonchev–Trinajstić information content (AvgIpc) is 1.38. The summed E-state index contributed by atoms with van der Waals surface area (Å²) in [4.78, 5) is -0.363. The molecule has 5 heavy (non-hydrogen) atoms. The zero-order valence-electron chi connectivity index (χ0n) is 2.23. The van der Waals surface area contributed by atoms with E-state index in [2.05, 4.69) is 18.7 Å². The van der Waals surface area contributed by atoms with Crippen LogP contribution in [0.4, 0.5) is 0 Å². The second kappa shape index (κ2) is 3.31. The van der Waals surface area contributed by atoms with Crippen molar-refractivity contribution in [3.05, 3.63) is 0 Å². The fourth-order valence-electron chi connectivity index (χ4n) is 0. The van der Waals surface area contributed by atoms with Gasteiger partial charge >= 0.3 is 51.3 Å². The Labute approximate surface area is 51.4 Å². The summed E-state index contributed by atoms with van der Waals surface area (Å²) in [6.07, 6.45) is 0. The zero-order chi connectivity index (χ0) is 4.28. The van der Waals surface area contributed by atoms with Gasteiger partial charge < -0.3 is 0 Å². The van der Waals surface area contributed by atoms with Crippen LogP contribution in [0.1, 0.15) is 0 Å². The van der Waals surface area contributed by atoms with Crippen LogP contribution in [0, 0.1) is 0 Å². The predicted octanol–water partition coefficient (Wildman–Crippen LogP) is 1.14. The molecule has 34 valence electrons. The van der Waals surface area contributed by atoms with Gasteiger partial charge in [0.15, 0.2) is 0 Å². The summed E-state index contributed by atoms with van der Waals surface area (Å²) in [5, 5.41) is 0. The summed E-state index contributed by atoms with van der Waals surface area (Å²) < 4.78 is 1.55. The molecular weight excluding hydrogens is 201 g/mol. The fourth-order valence-corrected chi connectivity index (χ4v) is 0. The third-order valence-corrected chi connectivity index (χ3v) is 1.41. The SMILES string of the molecule is ClC(Cl)[CH]=[Pd]. The Morgan fingerprint density at radius 3 is 1.80 bits per heavy atom. The Balaban J connectivity index is 2.83. The molecule has 0 aromatic carbocycles. The Morgan fingerprint density at radius 1 is 1.60 bits per heavy atom. The van der Waals surface area contributed by atoms with Gasteiger partial charge in [0.05, 0.1) is 0 Å². The first kappa shape index (κ1) is 6.11. The van der Waals surface area contributed by atoms with E-state index in [9.17, 15) is 0 Å². The Kier molecular flexibility index (Phi) is 4.04. The third-order valence-electron chi connectivity index (χ3n) is 0.0797. The summed E-state index contributed by atoms with van der Waals surface area (Å²) in [6, 6.07) is 0. The molecule has 0 nitrogen and oxygen atoms in total. The minimum atomic E-state index is -0.363. The summed E-state index contributed by atoms with van der Waals surface area (Å²) in [5.41, 5.74) is 0. The van der Waals surface area contributed by atoms with Crippen molar-refractivity contribution in [1.29, 1.82) is 0 Å². The first-order valence-corrected chi connectivity index (χ1v) is 2.72. The first-order chi connectivity index (χ1) is 2.27. The van der Waals surface area contributed by atoms with Crippen LogP contribution in [0.25, 0.3) is 0 Å². The van der Waals surface area contributed by atoms with Gasteiger partial charge in [-0.25, -0.2) is 0 Å². The molecule has 0 rings (SSSR count). The molecule has 0 aliphatic carbocycles. The molecule has 0 bridgehead atoms. The van der Waals surface area contributed by atoms with Crippen LogP contribution >= 0.6 is 23.2 Å². The molecule has 0 aliphatic rings. The molecule has 3 heteroatoms. The van der Waals surface area contributed by atoms with Gasteiger partial charge in [0.25, 0.3) is 0 Å². The van der Waals surface area contributed by atoms with E-state index in [4.69, 9.17) is 23.2 Å². The van der Waals surface area contributed by atoms with Gasteiger partial charge in [0.2, 0.25) is 0 Å². The molecule has 0 atom stereocenters. The van der Waals surface area contributed by atoms with Gasteiger partial charge in [-0.2, -0.15) is 0 Å². The number of hydrogen-bond acceptors (Lipinski definition) is 0. The van der Waals surface area contributed by atoms with Crippen LogP contribution in [-0.2, 0) is 18.7 Å². The van der Waals surface area contributed by atoms with Gasteiger partial charge in [0.1, 0.15) is 0 Å². The van der Waals surface area contributed by atoms with Gasteiger partial charge in [-0.1, -0.05) is 0 Å². The van der Waals surface area contributed by atoms with Crippen molar-refractivity contribution >= 4 is 27.7 Å². The van der Waals surface area contributed by atoms with Gasteiger partial charge in [-0.05, 0) is 0 Å². The van der Waals surface area contributed by atoms with Crippen LogP contribution in [0.5, 0.6) is 0 Å². The van der Waals surface area contributed by atoms with Crippen molar-refractivity contribution in [2.75, 3.05) is 0 Å². The molecule has 0 saturated carbocycles. The minimum absolute atomic E-state index is 0.363. The van der Waals surface area contributed by atoms with Crippen LogP contribution in [0.2, 0.25) is 0 Å². The number of hydrogen-bond donors (Lipinski definition) is 0. The molecule has 0 aromatic heterocycles. The predicted molar refractivity (Wildman–Crippen MR) is 21.6 cm³/mol. The summed E-state index contributed by atoms with van der Waals surface area (Å²) in [6.45, 7) is 0. The molecule has 0 radical (unpaired) electrons. The Hall–Kier alpha value is 1.11. The summed E-state index contributed by atoms with van der Waals surface area (Å²) >= 11 is 13.0. The maximum absolute atomic E-state index is 5.13. The molecule has 0 unspecified atom stereocenters. The molecule has 0 amide bonds. The van der Waals surface area contributed by atoms with E-state index < -0.39 is 0 Å². The van der Waals surface area contributed by atoms with Crippen LogP contribution in [0.15, 0.2) is 0 Å². The second-order valence-corrected chi connectivity index (χ2v) is 2.12. The van der Waals surface area contributed by atoms with Crippen molar-refractivity contribution in [3.8, 4) is 0 Å². The molecular formula is C2H2Cl2Pd. The van der Waals surface area contributed by atoms with Gasteiger partial charge in [-0.15, -0.1) is 0 Å². The standard InChI is InChI=1S/C2H2Cl2.Pd/c1-2(3)4;/h1-2H;. The first-order valence-electron chi connectivity index (χ1n) is 0.952. The van der Waals surface area contributed by atoms with E-state index in [1.807, 2.05) is 0 Å². The van der Waals surface area contributed by atoms with Crippen LogP contribution in [-0.4, -0.2) is 9.32 Å². The molecule has 0 heterocycles. The van der Waals surface area contributed by atoms with E-state index in [1.165, 1.54) is 0 Å². The van der Waals surface area contributed by atoms with E-state index in [0.717, 1.165) is 0 Å². The van der Waals surface area contributed by atoms with Crippen molar-refractivity contribution in [3.63, 3.8) is 0 Å². The molecule has 0 spiro atoms. The van der Waals surface area contributed by atoms with Crippen molar-refractivity contribution in [2.45, 2.75) is 4.84 Å².